The summed E-state index contributed by atoms with van der Waals surface area (Å²) >= 11 is 0. The van der Waals surface area contributed by atoms with Crippen LogP contribution in [0.3, 0.4) is 0 Å². The van der Waals surface area contributed by atoms with Crippen LogP contribution in [0.15, 0.2) is 24.3 Å². The molecule has 0 rings (SSSR count). The summed E-state index contributed by atoms with van der Waals surface area (Å²) < 4.78 is 28.4. The van der Waals surface area contributed by atoms with Gasteiger partial charge in [0.15, 0.2) is 0 Å². The summed E-state index contributed by atoms with van der Waals surface area (Å²) in [4.78, 5) is 71.7. The van der Waals surface area contributed by atoms with Crippen molar-refractivity contribution in [1.82, 2.24) is 0 Å². The van der Waals surface area contributed by atoms with Gasteiger partial charge in [0.1, 0.15) is 12.7 Å². The van der Waals surface area contributed by atoms with Crippen LogP contribution in [0.2, 0.25) is 0 Å². The molecule has 0 saturated carbocycles. The largest absolute Gasteiger partial charge is 0.469 e. The quantitative estimate of drug-likeness (QED) is 0.192. The molecule has 12 heteroatoms. The maximum atomic E-state index is 12.3. The summed E-state index contributed by atoms with van der Waals surface area (Å²) in [6, 6.07) is 0. The Kier molecular flexibility index (Phi) is 13.5. The average Bonchev–Trinajstić information content (AvgIpc) is 2.85. The van der Waals surface area contributed by atoms with Crippen LogP contribution in [-0.4, -0.2) is 77.0 Å². The Hall–Kier alpha value is -3.70. The lowest BCUT2D eigenvalue weighted by molar-refractivity contribution is -0.163. The highest BCUT2D eigenvalue weighted by atomic mass is 16.6. The molecule has 0 radical (unpaired) electrons. The van der Waals surface area contributed by atoms with E-state index in [9.17, 15) is 28.8 Å². The van der Waals surface area contributed by atoms with Gasteiger partial charge in [-0.25, -0.2) is 9.59 Å². The molecule has 0 aromatic heterocycles. The summed E-state index contributed by atoms with van der Waals surface area (Å²) in [5.74, 6) is -7.96. The molecule has 0 aromatic carbocycles. The van der Waals surface area contributed by atoms with Gasteiger partial charge in [0.25, 0.3) is 0 Å². The highest BCUT2D eigenvalue weighted by Gasteiger charge is 2.33. The van der Waals surface area contributed by atoms with E-state index in [4.69, 9.17) is 9.47 Å². The molecule has 0 spiro atoms. The topological polar surface area (TPSA) is 158 Å². The van der Waals surface area contributed by atoms with E-state index in [-0.39, 0.29) is 24.2 Å². The highest BCUT2D eigenvalue weighted by molar-refractivity contribution is 5.97. The van der Waals surface area contributed by atoms with Gasteiger partial charge in [0.05, 0.1) is 53.1 Å². The minimum absolute atomic E-state index is 0.231. The van der Waals surface area contributed by atoms with E-state index in [2.05, 4.69) is 32.1 Å². The smallest absolute Gasteiger partial charge is 0.334 e. The van der Waals surface area contributed by atoms with Crippen LogP contribution in [0.25, 0.3) is 0 Å². The van der Waals surface area contributed by atoms with Gasteiger partial charge in [-0.2, -0.15) is 0 Å². The molecule has 0 heterocycles. The number of esters is 6. The number of hydrogen-bond acceptors (Lipinski definition) is 12. The van der Waals surface area contributed by atoms with Gasteiger partial charge in [0, 0.05) is 11.1 Å². The maximum Gasteiger partial charge on any atom is 0.334 e. The molecule has 0 aromatic rings. The predicted molar refractivity (Wildman–Crippen MR) is 114 cm³/mol. The minimum Gasteiger partial charge on any atom is -0.469 e. The lowest BCUT2D eigenvalue weighted by atomic mass is 9.97. The first-order chi connectivity index (χ1) is 16.0. The fourth-order valence-corrected chi connectivity index (χ4v) is 2.58. The van der Waals surface area contributed by atoms with Crippen LogP contribution in [0.1, 0.15) is 26.2 Å². The zero-order chi connectivity index (χ0) is 26.4. The Labute approximate surface area is 197 Å². The Morgan fingerprint density at radius 3 is 1.44 bits per heavy atom. The molecule has 12 nitrogen and oxygen atoms in total. The van der Waals surface area contributed by atoms with Crippen molar-refractivity contribution in [3.63, 3.8) is 0 Å². The lowest BCUT2D eigenvalue weighted by Gasteiger charge is -2.20. The van der Waals surface area contributed by atoms with Crippen molar-refractivity contribution in [3.8, 4) is 0 Å². The van der Waals surface area contributed by atoms with E-state index >= 15 is 0 Å². The molecule has 3 unspecified atom stereocenters. The van der Waals surface area contributed by atoms with Crippen molar-refractivity contribution in [2.24, 2.45) is 11.8 Å². The van der Waals surface area contributed by atoms with Crippen molar-refractivity contribution in [3.05, 3.63) is 24.3 Å². The third-order valence-corrected chi connectivity index (χ3v) is 4.63. The molecule has 0 saturated heterocycles. The molecule has 0 bridgehead atoms. The van der Waals surface area contributed by atoms with Gasteiger partial charge < -0.3 is 28.4 Å². The van der Waals surface area contributed by atoms with Gasteiger partial charge >= 0.3 is 35.8 Å². The van der Waals surface area contributed by atoms with Crippen molar-refractivity contribution >= 4 is 35.8 Å². The Bertz CT molecular complexity index is 813. The molecule has 0 N–H and O–H groups in total. The monoisotopic (exact) mass is 486 g/mol. The zero-order valence-corrected chi connectivity index (χ0v) is 19.9. The molecule has 3 atom stereocenters. The standard InChI is InChI=1S/C22H30O12/c1-8-14(34-18(24)10-16(22(28)32-7)13(3)20(26)30-5)11-33-17(23)9-15(21(27)31-6)12(2)19(25)29-4/h14-16H,2-3,8-11H2,1,4-7H3. The van der Waals surface area contributed by atoms with Gasteiger partial charge in [-0.3, -0.25) is 19.2 Å². The van der Waals surface area contributed by atoms with E-state index in [1.54, 1.807) is 6.92 Å². The van der Waals surface area contributed by atoms with E-state index in [0.29, 0.717) is 0 Å². The van der Waals surface area contributed by atoms with Gasteiger partial charge in [-0.05, 0) is 6.42 Å². The highest BCUT2D eigenvalue weighted by Crippen LogP contribution is 2.20. The van der Waals surface area contributed by atoms with E-state index < -0.39 is 66.6 Å². The van der Waals surface area contributed by atoms with E-state index in [0.717, 1.165) is 28.4 Å². The summed E-state index contributed by atoms with van der Waals surface area (Å²) in [6.07, 6.45) is -1.79. The fraction of sp³-hybridized carbons (Fsp3) is 0.545. The van der Waals surface area contributed by atoms with Crippen LogP contribution in [0.5, 0.6) is 0 Å². The molecule has 0 fully saturated rings. The molecule has 0 aliphatic carbocycles. The van der Waals surface area contributed by atoms with E-state index in [1.165, 1.54) is 0 Å². The number of carbonyl (C=O) groups is 6. The van der Waals surface area contributed by atoms with Gasteiger partial charge in [0.2, 0.25) is 0 Å². The predicted octanol–water partition coefficient (Wildman–Crippen LogP) is 0.668. The second kappa shape index (κ2) is 15.2. The van der Waals surface area contributed by atoms with Gasteiger partial charge in [-0.1, -0.05) is 20.1 Å². The van der Waals surface area contributed by atoms with Gasteiger partial charge in [-0.15, -0.1) is 0 Å². The van der Waals surface area contributed by atoms with Crippen molar-refractivity contribution < 1.29 is 57.2 Å². The molecule has 0 aliphatic heterocycles. The normalized spacial score (nSPS) is 12.7. The Morgan fingerprint density at radius 2 is 1.09 bits per heavy atom. The summed E-state index contributed by atoms with van der Waals surface area (Å²) in [5, 5.41) is 0. The van der Waals surface area contributed by atoms with E-state index in [1.807, 2.05) is 0 Å². The Morgan fingerprint density at radius 1 is 0.676 bits per heavy atom. The molecule has 0 aliphatic rings. The molecular weight excluding hydrogens is 456 g/mol. The lowest BCUT2D eigenvalue weighted by Crippen LogP contribution is -2.31. The summed E-state index contributed by atoms with van der Waals surface area (Å²) in [7, 11) is 4.34. The molecule has 190 valence electrons. The Balaban J connectivity index is 5.08. The maximum absolute atomic E-state index is 12.3. The number of rotatable bonds is 14. The second-order valence-electron chi connectivity index (χ2n) is 6.80. The minimum atomic E-state index is -1.32. The number of hydrogen-bond donors (Lipinski definition) is 0. The molecule has 34 heavy (non-hydrogen) atoms. The SMILES string of the molecule is C=C(C(=O)OC)C(CC(=O)OCC(CC)OC(=O)CC(C(=C)C(=O)OC)C(=O)OC)C(=O)OC. The number of carbonyl (C=O) groups excluding carboxylic acids is 6. The van der Waals surface area contributed by atoms with Crippen LogP contribution in [-0.2, 0) is 57.2 Å². The molecular formula is C22H30O12. The summed E-state index contributed by atoms with van der Waals surface area (Å²) in [6.45, 7) is 8.18. The first-order valence-electron chi connectivity index (χ1n) is 10.0. The van der Waals surface area contributed by atoms with Crippen molar-refractivity contribution in [1.29, 1.82) is 0 Å². The van der Waals surface area contributed by atoms with Crippen molar-refractivity contribution in [2.45, 2.75) is 32.3 Å². The number of methoxy groups -OCH3 is 4. The second-order valence-corrected chi connectivity index (χ2v) is 6.80. The van der Waals surface area contributed by atoms with Crippen LogP contribution >= 0.6 is 0 Å². The van der Waals surface area contributed by atoms with Crippen molar-refractivity contribution in [2.75, 3.05) is 35.0 Å². The third-order valence-electron chi connectivity index (χ3n) is 4.63. The first kappa shape index (κ1) is 30.3. The average molecular weight is 486 g/mol. The number of ether oxygens (including phenoxy) is 6. The van der Waals surface area contributed by atoms with Crippen LogP contribution in [0.4, 0.5) is 0 Å². The third kappa shape index (κ3) is 9.43. The van der Waals surface area contributed by atoms with Crippen LogP contribution in [0, 0.1) is 11.8 Å². The fourth-order valence-electron chi connectivity index (χ4n) is 2.58. The molecule has 0 amide bonds. The first-order valence-corrected chi connectivity index (χ1v) is 10.0. The zero-order valence-electron chi connectivity index (χ0n) is 19.9. The van der Waals surface area contributed by atoms with Crippen LogP contribution < -0.4 is 0 Å². The summed E-state index contributed by atoms with van der Waals surface area (Å²) in [5.41, 5.74) is -0.574.